The van der Waals surface area contributed by atoms with Gasteiger partial charge in [0, 0.05) is 69.0 Å². The van der Waals surface area contributed by atoms with Gasteiger partial charge in [-0.05, 0) is 262 Å². The second-order valence-electron chi connectivity index (χ2n) is 29.7. The molecule has 4 N–H and O–H groups in total. The molecule has 0 fully saturated rings. The number of unbranched alkanes of at least 4 members (excludes halogenated alkanes) is 1. The Labute approximate surface area is 703 Å². The highest BCUT2D eigenvalue weighted by atomic mass is 32.2. The molecule has 0 saturated carbocycles. The number of nitrogens with one attached hydrogen (secondary N) is 3. The van der Waals surface area contributed by atoms with Gasteiger partial charge in [-0.25, -0.2) is 48.1 Å². The summed E-state index contributed by atoms with van der Waals surface area (Å²) in [6.07, 6.45) is 9.80. The van der Waals surface area contributed by atoms with E-state index in [4.69, 9.17) is 14.0 Å². The second-order valence-corrected chi connectivity index (χ2v) is 37.7. The number of nitrogens with zero attached hydrogens (tertiary/aromatic N) is 3. The zero-order valence-electron chi connectivity index (χ0n) is 68.8. The molecule has 11 aromatic carbocycles. The van der Waals surface area contributed by atoms with Gasteiger partial charge in [0.25, 0.3) is 10.1 Å². The second kappa shape index (κ2) is 38.5. The van der Waals surface area contributed by atoms with Gasteiger partial charge >= 0.3 is 0 Å². The van der Waals surface area contributed by atoms with Gasteiger partial charge in [-0.15, -0.1) is 0 Å². The van der Waals surface area contributed by atoms with Crippen LogP contribution in [0.15, 0.2) is 233 Å². The Morgan fingerprint density at radius 2 is 0.850 bits per heavy atom. The van der Waals surface area contributed by atoms with Crippen molar-refractivity contribution in [1.29, 1.82) is 0 Å². The fourth-order valence-electron chi connectivity index (χ4n) is 14.4. The molecule has 1 aromatic heterocycles. The van der Waals surface area contributed by atoms with Crippen LogP contribution >= 0.6 is 0 Å². The number of aryl methyl sites for hydroxylation is 10. The number of hydrogen-bond acceptors (Lipinski definition) is 18. The molecule has 624 valence electrons. The minimum atomic E-state index is -4.72. The van der Waals surface area contributed by atoms with Crippen molar-refractivity contribution < 1.29 is 65.2 Å². The van der Waals surface area contributed by atoms with E-state index in [1.54, 1.807) is 56.3 Å². The average molecular weight is 1710 g/mol. The van der Waals surface area contributed by atoms with Crippen molar-refractivity contribution in [2.45, 2.75) is 129 Å². The van der Waals surface area contributed by atoms with Gasteiger partial charge in [-0.2, -0.15) is 18.4 Å². The zero-order chi connectivity index (χ0) is 86.6. The lowest BCUT2D eigenvalue weighted by molar-refractivity contribution is 0.460. The van der Waals surface area contributed by atoms with Gasteiger partial charge in [0.15, 0.2) is 0 Å². The monoisotopic (exact) mass is 1710 g/mol. The van der Waals surface area contributed by atoms with Crippen LogP contribution in [0.4, 0.5) is 11.6 Å². The number of hydrogen-bond donors (Lipinski definition) is 4. The molecule has 0 bridgehead atoms. The Kier molecular flexibility index (Phi) is 28.8. The van der Waals surface area contributed by atoms with E-state index in [1.165, 1.54) is 92.2 Å². The van der Waals surface area contributed by atoms with Crippen LogP contribution < -0.4 is 45.1 Å². The van der Waals surface area contributed by atoms with Crippen molar-refractivity contribution in [2.75, 3.05) is 30.4 Å². The summed E-state index contributed by atoms with van der Waals surface area (Å²) in [4.78, 5) is 11.9. The minimum absolute atomic E-state index is 0.0224. The van der Waals surface area contributed by atoms with E-state index in [0.29, 0.717) is 82.0 Å². The van der Waals surface area contributed by atoms with Crippen LogP contribution in [-0.4, -0.2) is 95.8 Å². The summed E-state index contributed by atoms with van der Waals surface area (Å²) in [6, 6.07) is 67.4. The third kappa shape index (κ3) is 23.1. The van der Waals surface area contributed by atoms with Crippen LogP contribution in [-0.2, 0) is 69.7 Å². The van der Waals surface area contributed by atoms with Crippen LogP contribution in [0.2, 0.25) is 0 Å². The molecule has 26 heteroatoms. The smallest absolute Gasteiger partial charge is 0.294 e. The largest absolute Gasteiger partial charge is 0.744 e. The maximum atomic E-state index is 12.4. The minimum Gasteiger partial charge on any atom is -0.744 e. The molecule has 0 aliphatic carbocycles. The molecule has 0 unspecified atom stereocenters. The van der Waals surface area contributed by atoms with Gasteiger partial charge in [0.05, 0.1) is 26.7 Å². The first-order chi connectivity index (χ1) is 56.8. The number of benzene rings is 11. The van der Waals surface area contributed by atoms with Crippen LogP contribution in [0.25, 0.3) is 23.3 Å². The molecule has 21 nitrogen and oxygen atoms in total. The van der Waals surface area contributed by atoms with E-state index in [1.807, 2.05) is 79.7 Å². The van der Waals surface area contributed by atoms with Crippen molar-refractivity contribution in [3.8, 4) is 23.0 Å². The third-order valence-electron chi connectivity index (χ3n) is 20.6. The number of ether oxygens (including phenoxy) is 2. The van der Waals surface area contributed by atoms with E-state index < -0.39 is 50.4 Å². The van der Waals surface area contributed by atoms with E-state index >= 15 is 0 Å². The van der Waals surface area contributed by atoms with Crippen LogP contribution in [0.5, 0.6) is 23.0 Å². The molecule has 120 heavy (non-hydrogen) atoms. The summed E-state index contributed by atoms with van der Waals surface area (Å²) in [7, 11) is -19.9. The van der Waals surface area contributed by atoms with Crippen LogP contribution in [0.1, 0.15) is 145 Å². The molecule has 0 atom stereocenters. The van der Waals surface area contributed by atoms with E-state index in [9.17, 15) is 51.2 Å². The van der Waals surface area contributed by atoms with Gasteiger partial charge in [-0.1, -0.05) is 165 Å². The molecular weight excluding hydrogens is 1610 g/mol. The lowest BCUT2D eigenvalue weighted by Crippen LogP contribution is -2.26. The highest BCUT2D eigenvalue weighted by molar-refractivity contribution is 7.89. The fraction of sp³-hybridized carbons (Fsp3) is 0.223. The van der Waals surface area contributed by atoms with Crippen LogP contribution in [0, 0.1) is 62.3 Å². The summed E-state index contributed by atoms with van der Waals surface area (Å²) in [5, 5.41) is 6.27. The Hall–Kier alpha value is -11.1. The Bertz CT molecular complexity index is 6410. The number of anilines is 2. The summed E-state index contributed by atoms with van der Waals surface area (Å²) >= 11 is 0. The lowest BCUT2D eigenvalue weighted by Gasteiger charge is -2.24. The molecule has 3 heterocycles. The quantitative estimate of drug-likeness (QED) is 0.0341. The summed E-state index contributed by atoms with van der Waals surface area (Å²) in [6.45, 7) is 22.9. The molecule has 12 aromatic rings. The SMILES string of the molecule is CCCCNS(C)(=O)=O.CCS(=O)(=O)NCCCc1nc(C)nc(Nc2cccc(S(=O)(=O)O)c2)n1.Cc1cccc(C)c1/C=c1\ccc2c(c1)Oc1cc(Cc3c(C)cccc3C)ccc1C=2c1ccccc1S(=O)(=O)[O-].Cc1cccc(C)c1/C=c1\ccc2c(c1)Oc1cc(Cc3c(C)cccc3C)ccc1C=2c1ccccc1S(=O)(=O)[O-]. The van der Waals surface area contributed by atoms with Crippen molar-refractivity contribution in [2.24, 2.45) is 0 Å². The third-order valence-corrected chi connectivity index (χ3v) is 25.4. The van der Waals surface area contributed by atoms with Gasteiger partial charge < -0.3 is 23.9 Å². The maximum absolute atomic E-state index is 12.4. The molecule has 0 radical (unpaired) electrons. The normalized spacial score (nSPS) is 12.7. The van der Waals surface area contributed by atoms with Gasteiger partial charge in [0.1, 0.15) is 54.9 Å². The van der Waals surface area contributed by atoms with Gasteiger partial charge in [-0.3, -0.25) is 4.55 Å². The maximum Gasteiger partial charge on any atom is 0.294 e. The molecule has 2 aliphatic rings. The standard InChI is InChI=1S/2C37H32O4S.C15H21N5O5S2.C5H13NO2S/c2*1-23-9-7-10-24(2)32(23)19-27-15-17-29-34(21-27)41-35-22-28(20-33-25(3)11-8-12-26(33)4)16-18-30(35)37(29)31-13-5-6-14-36(31)42(38,39)40;1-3-26(21,22)16-9-5-8-14-17-11(2)18-15(20-14)19-12-6-4-7-13(10-12)27(23,24)25;1-3-4-5-6-9(2,7)8/h2*5-19,21-22H,20H2,1-4H3,(H,38,39,40);4,6-7,10,16H,3,5,8-9H2,1-2H3,(H,23,24,25)(H,17,18,19,20);6H,3-5H2,1-2H3/p-2/b2*27-19+;;. The van der Waals surface area contributed by atoms with E-state index in [2.05, 4.69) is 170 Å². The molecule has 0 spiro atoms. The summed E-state index contributed by atoms with van der Waals surface area (Å²) < 4.78 is 167. The number of rotatable bonds is 23. The predicted molar refractivity (Wildman–Crippen MR) is 471 cm³/mol. The highest BCUT2D eigenvalue weighted by Crippen LogP contribution is 2.41. The Morgan fingerprint density at radius 3 is 1.27 bits per heavy atom. The summed E-state index contributed by atoms with van der Waals surface area (Å²) in [5.74, 6) is 3.66. The predicted octanol–water partition coefficient (Wildman–Crippen LogP) is 14.6. The van der Waals surface area contributed by atoms with Crippen LogP contribution in [0.3, 0.4) is 0 Å². The topological polar surface area (TPSA) is 330 Å². The molecule has 14 rings (SSSR count). The van der Waals surface area contributed by atoms with Crippen molar-refractivity contribution in [1.82, 2.24) is 24.4 Å². The summed E-state index contributed by atoms with van der Waals surface area (Å²) in [5.41, 5.74) is 20.6. The molecule has 2 aliphatic heterocycles. The highest BCUT2D eigenvalue weighted by Gasteiger charge is 2.27. The van der Waals surface area contributed by atoms with Crippen molar-refractivity contribution in [3.63, 3.8) is 0 Å². The Balaban J connectivity index is 0.000000171. The number of aromatic nitrogens is 3. The van der Waals surface area contributed by atoms with Crippen molar-refractivity contribution >= 4 is 85.3 Å². The van der Waals surface area contributed by atoms with E-state index in [0.717, 1.165) is 79.9 Å². The molecular formula is C94H96N6O15S5-2. The molecule has 0 saturated heterocycles. The Morgan fingerprint density at radius 1 is 0.425 bits per heavy atom. The number of sulfonamides is 2. The fourth-order valence-corrected chi connectivity index (χ4v) is 17.4. The first-order valence-corrected chi connectivity index (χ1v) is 46.8. The zero-order valence-corrected chi connectivity index (χ0v) is 72.9. The number of fused-ring (bicyclic) bond motifs is 4. The first-order valence-electron chi connectivity index (χ1n) is 39.0. The average Bonchev–Trinajstić information content (AvgIpc) is 0.746. The first kappa shape index (κ1) is 89.6. The van der Waals surface area contributed by atoms with E-state index in [-0.39, 0.29) is 32.9 Å². The molecule has 0 amide bonds. The van der Waals surface area contributed by atoms with Crippen molar-refractivity contribution in [3.05, 3.63) is 351 Å². The lowest BCUT2D eigenvalue weighted by atomic mass is 9.90. The van der Waals surface area contributed by atoms with Gasteiger partial charge in [0.2, 0.25) is 26.0 Å².